The van der Waals surface area contributed by atoms with E-state index in [0.29, 0.717) is 31.9 Å². The molecule has 1 spiro atoms. The molecule has 1 aromatic carbocycles. The van der Waals surface area contributed by atoms with Crippen molar-refractivity contribution in [2.24, 2.45) is 0 Å². The van der Waals surface area contributed by atoms with Crippen LogP contribution >= 0.6 is 0 Å². The number of hydrogen-bond acceptors (Lipinski definition) is 5. The van der Waals surface area contributed by atoms with Gasteiger partial charge in [-0.1, -0.05) is 30.3 Å². The third-order valence-electron chi connectivity index (χ3n) is 5.42. The van der Waals surface area contributed by atoms with Crippen molar-refractivity contribution in [1.82, 2.24) is 9.88 Å². The Kier molecular flexibility index (Phi) is 5.88. The minimum Gasteiger partial charge on any atom is -0.370 e. The molecule has 2 aromatic rings. The number of carbonyl (C=O) groups excluding carboxylic acids is 1. The number of likely N-dealkylation sites (tertiary alicyclic amines) is 1. The third kappa shape index (κ3) is 4.51. The van der Waals surface area contributed by atoms with E-state index in [1.54, 1.807) is 12.3 Å². The van der Waals surface area contributed by atoms with Crippen LogP contribution in [0.15, 0.2) is 48.7 Å². The lowest BCUT2D eigenvalue weighted by atomic mass is 10.0. The number of ether oxygens (including phenoxy) is 2. The van der Waals surface area contributed by atoms with Crippen molar-refractivity contribution in [2.75, 3.05) is 38.2 Å². The molecule has 0 aliphatic carbocycles. The van der Waals surface area contributed by atoms with Crippen molar-refractivity contribution in [3.8, 4) is 0 Å². The van der Waals surface area contributed by atoms with E-state index < -0.39 is 5.79 Å². The summed E-state index contributed by atoms with van der Waals surface area (Å²) in [6, 6.07) is 14.1. The fourth-order valence-electron chi connectivity index (χ4n) is 3.83. The number of hydrogen-bond donors (Lipinski definition) is 1. The summed E-state index contributed by atoms with van der Waals surface area (Å²) in [7, 11) is 0. The molecule has 0 atom stereocenters. The molecule has 2 saturated heterocycles. The minimum atomic E-state index is -0.458. The molecule has 6 heteroatoms. The maximum absolute atomic E-state index is 12.9. The van der Waals surface area contributed by atoms with Crippen LogP contribution in [0.1, 0.15) is 35.2 Å². The Morgan fingerprint density at radius 1 is 1.11 bits per heavy atom. The van der Waals surface area contributed by atoms with E-state index in [9.17, 15) is 4.79 Å². The number of nitrogens with zero attached hydrogens (tertiary/aromatic N) is 2. The van der Waals surface area contributed by atoms with Crippen LogP contribution in [-0.2, 0) is 15.9 Å². The molecule has 28 heavy (non-hydrogen) atoms. The first-order chi connectivity index (χ1) is 13.7. The van der Waals surface area contributed by atoms with Crippen molar-refractivity contribution in [3.05, 3.63) is 59.8 Å². The highest BCUT2D eigenvalue weighted by molar-refractivity contribution is 5.94. The molecule has 2 aliphatic rings. The lowest BCUT2D eigenvalue weighted by molar-refractivity contribution is -0.181. The Balaban J connectivity index is 1.27. The summed E-state index contributed by atoms with van der Waals surface area (Å²) in [5.41, 5.74) is 2.00. The zero-order chi connectivity index (χ0) is 19.2. The molecule has 0 saturated carbocycles. The Morgan fingerprint density at radius 2 is 1.86 bits per heavy atom. The van der Waals surface area contributed by atoms with E-state index in [-0.39, 0.29) is 5.91 Å². The van der Waals surface area contributed by atoms with Gasteiger partial charge in [0.25, 0.3) is 5.91 Å². The first-order valence-corrected chi connectivity index (χ1v) is 10.1. The number of pyridine rings is 1. The molecular formula is C22H27N3O3. The number of benzene rings is 1. The largest absolute Gasteiger partial charge is 0.370 e. The lowest BCUT2D eigenvalue weighted by Crippen LogP contribution is -2.47. The van der Waals surface area contributed by atoms with E-state index in [0.717, 1.165) is 38.0 Å². The van der Waals surface area contributed by atoms with Gasteiger partial charge in [0.15, 0.2) is 5.79 Å². The number of nitrogens with one attached hydrogen (secondary N) is 1. The highest BCUT2D eigenvalue weighted by Crippen LogP contribution is 2.31. The van der Waals surface area contributed by atoms with Crippen LogP contribution in [0.25, 0.3) is 0 Å². The highest BCUT2D eigenvalue weighted by atomic mass is 16.7. The maximum Gasteiger partial charge on any atom is 0.254 e. The van der Waals surface area contributed by atoms with Gasteiger partial charge in [0.1, 0.15) is 5.82 Å². The van der Waals surface area contributed by atoms with E-state index in [1.807, 2.05) is 17.0 Å². The van der Waals surface area contributed by atoms with Gasteiger partial charge < -0.3 is 19.7 Å². The number of piperidine rings is 1. The molecule has 4 rings (SSSR count). The van der Waals surface area contributed by atoms with Crippen LogP contribution in [0.4, 0.5) is 5.82 Å². The quantitative estimate of drug-likeness (QED) is 0.779. The summed E-state index contributed by atoms with van der Waals surface area (Å²) < 4.78 is 11.5. The Morgan fingerprint density at radius 3 is 2.61 bits per heavy atom. The summed E-state index contributed by atoms with van der Waals surface area (Å²) in [4.78, 5) is 19.1. The molecule has 2 fully saturated rings. The van der Waals surface area contributed by atoms with Crippen LogP contribution in [-0.4, -0.2) is 54.4 Å². The van der Waals surface area contributed by atoms with Crippen LogP contribution in [0.2, 0.25) is 0 Å². The molecule has 2 aliphatic heterocycles. The van der Waals surface area contributed by atoms with Crippen molar-refractivity contribution >= 4 is 11.7 Å². The van der Waals surface area contributed by atoms with Gasteiger partial charge in [-0.15, -0.1) is 0 Å². The van der Waals surface area contributed by atoms with Crippen LogP contribution in [0.3, 0.4) is 0 Å². The van der Waals surface area contributed by atoms with Gasteiger partial charge >= 0.3 is 0 Å². The first kappa shape index (κ1) is 18.9. The fraction of sp³-hybridized carbons (Fsp3) is 0.455. The van der Waals surface area contributed by atoms with Gasteiger partial charge in [-0.2, -0.15) is 0 Å². The van der Waals surface area contributed by atoms with Crippen molar-refractivity contribution < 1.29 is 14.3 Å². The van der Waals surface area contributed by atoms with Gasteiger partial charge in [0.2, 0.25) is 0 Å². The number of aryl methyl sites for hydroxylation is 1. The van der Waals surface area contributed by atoms with E-state index in [4.69, 9.17) is 9.47 Å². The molecule has 6 nitrogen and oxygen atoms in total. The first-order valence-electron chi connectivity index (χ1n) is 10.1. The molecule has 0 bridgehead atoms. The Bertz CT molecular complexity index is 781. The summed E-state index contributed by atoms with van der Waals surface area (Å²) >= 11 is 0. The molecule has 1 aromatic heterocycles. The van der Waals surface area contributed by atoms with Gasteiger partial charge in [0.05, 0.1) is 13.2 Å². The van der Waals surface area contributed by atoms with Gasteiger partial charge in [-0.3, -0.25) is 4.79 Å². The summed E-state index contributed by atoms with van der Waals surface area (Å²) in [6.45, 7) is 3.43. The molecule has 148 valence electrons. The third-order valence-corrected chi connectivity index (χ3v) is 5.42. The molecule has 1 amide bonds. The van der Waals surface area contributed by atoms with Crippen molar-refractivity contribution in [1.29, 1.82) is 0 Å². The maximum atomic E-state index is 12.9. The monoisotopic (exact) mass is 381 g/mol. The van der Waals surface area contributed by atoms with Gasteiger partial charge in [-0.25, -0.2) is 4.98 Å². The molecular weight excluding hydrogens is 354 g/mol. The van der Waals surface area contributed by atoms with E-state index in [2.05, 4.69) is 34.6 Å². The van der Waals surface area contributed by atoms with E-state index in [1.165, 1.54) is 5.56 Å². The second-order valence-corrected chi connectivity index (χ2v) is 7.35. The lowest BCUT2D eigenvalue weighted by Gasteiger charge is -2.37. The zero-order valence-electron chi connectivity index (χ0n) is 16.1. The van der Waals surface area contributed by atoms with Crippen molar-refractivity contribution in [3.63, 3.8) is 0 Å². The average molecular weight is 381 g/mol. The smallest absolute Gasteiger partial charge is 0.254 e. The van der Waals surface area contributed by atoms with Crippen LogP contribution < -0.4 is 5.32 Å². The zero-order valence-corrected chi connectivity index (χ0v) is 16.1. The predicted molar refractivity (Wildman–Crippen MR) is 107 cm³/mol. The van der Waals surface area contributed by atoms with E-state index >= 15 is 0 Å². The summed E-state index contributed by atoms with van der Waals surface area (Å²) in [5.74, 6) is 0.331. The van der Waals surface area contributed by atoms with Gasteiger partial charge in [0, 0.05) is 44.2 Å². The Hall–Kier alpha value is -2.44. The molecule has 0 unspecified atom stereocenters. The topological polar surface area (TPSA) is 63.7 Å². The number of rotatable bonds is 6. The second kappa shape index (κ2) is 8.71. The van der Waals surface area contributed by atoms with Crippen LogP contribution in [0, 0.1) is 0 Å². The summed E-state index contributed by atoms with van der Waals surface area (Å²) in [6.07, 6.45) is 5.19. The normalized spacial score (nSPS) is 18.4. The van der Waals surface area contributed by atoms with Gasteiger partial charge in [-0.05, 0) is 30.5 Å². The predicted octanol–water partition coefficient (Wildman–Crippen LogP) is 3.11. The minimum absolute atomic E-state index is 0.0441. The van der Waals surface area contributed by atoms with Crippen LogP contribution in [0.5, 0.6) is 0 Å². The van der Waals surface area contributed by atoms with Crippen molar-refractivity contribution in [2.45, 2.75) is 31.5 Å². The standard InChI is InChI=1S/C22H27N3O3/c26-21(25-13-9-22(10-14-25)27-15-16-28-22)19-8-12-24-20(17-19)23-11-4-7-18-5-2-1-3-6-18/h1-3,5-6,8,12,17H,4,7,9-11,13-16H2,(H,23,24). The SMILES string of the molecule is O=C(c1ccnc(NCCCc2ccccc2)c1)N1CCC2(CC1)OCCO2. The second-order valence-electron chi connectivity index (χ2n) is 7.35. The highest BCUT2D eigenvalue weighted by Gasteiger charge is 2.40. The Labute approximate surface area is 165 Å². The number of aromatic nitrogens is 1. The average Bonchev–Trinajstić information content (AvgIpc) is 3.20. The summed E-state index contributed by atoms with van der Waals surface area (Å²) in [5, 5.41) is 3.33. The molecule has 3 heterocycles. The number of amides is 1. The molecule has 0 radical (unpaired) electrons. The fourth-order valence-corrected chi connectivity index (χ4v) is 3.83. The molecule has 1 N–H and O–H groups in total. The number of carbonyl (C=O) groups is 1. The number of anilines is 1.